The van der Waals surface area contributed by atoms with Crippen molar-refractivity contribution >= 4 is 17.4 Å². The summed E-state index contributed by atoms with van der Waals surface area (Å²) in [4.78, 5) is 17.6. The lowest BCUT2D eigenvalue weighted by molar-refractivity contribution is 0.0228. The zero-order valence-electron chi connectivity index (χ0n) is 13.0. The third-order valence-corrected chi connectivity index (χ3v) is 4.93. The van der Waals surface area contributed by atoms with E-state index < -0.39 is 0 Å². The Morgan fingerprint density at radius 1 is 1.48 bits per heavy atom. The van der Waals surface area contributed by atoms with Crippen LogP contribution in [0.4, 0.5) is 0 Å². The van der Waals surface area contributed by atoms with Crippen LogP contribution < -0.4 is 5.32 Å². The predicted molar refractivity (Wildman–Crippen MR) is 87.1 cm³/mol. The fourth-order valence-electron chi connectivity index (χ4n) is 2.88. The molecule has 0 aromatic carbocycles. The number of carbonyl (C=O) groups excluding carboxylic acids is 1. The number of pyridine rings is 1. The van der Waals surface area contributed by atoms with Crippen molar-refractivity contribution in [3.8, 4) is 0 Å². The summed E-state index contributed by atoms with van der Waals surface area (Å²) in [5, 5.41) is 16.7. The normalized spacial score (nSPS) is 21.5. The summed E-state index contributed by atoms with van der Waals surface area (Å²) in [6, 6.07) is 5.48. The Morgan fingerprint density at radius 3 is 2.96 bits per heavy atom. The zero-order chi connectivity index (χ0) is 16.2. The number of aryl methyl sites for hydroxylation is 1. The second-order valence-corrected chi connectivity index (χ2v) is 6.64. The van der Waals surface area contributed by atoms with Crippen molar-refractivity contribution < 1.29 is 9.90 Å². The maximum absolute atomic E-state index is 12.6. The number of nitrogens with zero attached hydrogens (tertiary/aromatic N) is 3. The molecule has 1 atom stereocenters. The van der Waals surface area contributed by atoms with Crippen LogP contribution in [0.5, 0.6) is 0 Å². The first-order valence-corrected chi connectivity index (χ1v) is 8.67. The molecule has 1 aliphatic rings. The van der Waals surface area contributed by atoms with Crippen LogP contribution >= 0.6 is 11.5 Å². The van der Waals surface area contributed by atoms with E-state index in [2.05, 4.69) is 19.9 Å². The minimum absolute atomic E-state index is 0.152. The van der Waals surface area contributed by atoms with Crippen LogP contribution in [0.2, 0.25) is 0 Å². The maximum atomic E-state index is 12.6. The van der Waals surface area contributed by atoms with Gasteiger partial charge in [-0.1, -0.05) is 23.9 Å². The van der Waals surface area contributed by atoms with Crippen LogP contribution in [0.25, 0.3) is 0 Å². The van der Waals surface area contributed by atoms with Gasteiger partial charge in [-0.05, 0) is 48.8 Å². The average Bonchev–Trinajstić information content (AvgIpc) is 2.99. The molecule has 1 amide bonds. The molecule has 122 valence electrons. The van der Waals surface area contributed by atoms with E-state index in [0.717, 1.165) is 35.8 Å². The van der Waals surface area contributed by atoms with Crippen molar-refractivity contribution in [2.45, 2.75) is 44.8 Å². The molecule has 1 fully saturated rings. The zero-order valence-corrected chi connectivity index (χ0v) is 13.8. The molecular formula is C16H20N4O2S. The van der Waals surface area contributed by atoms with Gasteiger partial charge in [0.25, 0.3) is 5.91 Å². The number of aliphatic hydroxyl groups is 1. The average molecular weight is 332 g/mol. The van der Waals surface area contributed by atoms with E-state index in [4.69, 9.17) is 0 Å². The van der Waals surface area contributed by atoms with Crippen molar-refractivity contribution in [3.63, 3.8) is 0 Å². The number of aromatic nitrogens is 3. The Kier molecular flexibility index (Phi) is 4.97. The van der Waals surface area contributed by atoms with Gasteiger partial charge in [0, 0.05) is 6.20 Å². The lowest BCUT2D eigenvalue weighted by Crippen LogP contribution is -2.41. The summed E-state index contributed by atoms with van der Waals surface area (Å²) in [6.45, 7) is 2.05. The summed E-state index contributed by atoms with van der Waals surface area (Å²) in [5.74, 6) is 0.0554. The summed E-state index contributed by atoms with van der Waals surface area (Å²) in [5.41, 5.74) is 1.58. The highest BCUT2D eigenvalue weighted by atomic mass is 32.1. The molecule has 1 saturated carbocycles. The molecule has 0 spiro atoms. The molecule has 3 rings (SSSR count). The van der Waals surface area contributed by atoms with Gasteiger partial charge in [-0.25, -0.2) is 0 Å². The van der Waals surface area contributed by atoms with Crippen LogP contribution in [-0.2, 0) is 6.42 Å². The molecule has 0 bridgehead atoms. The third-order valence-electron chi connectivity index (χ3n) is 4.16. The van der Waals surface area contributed by atoms with Gasteiger partial charge in [0.1, 0.15) is 4.88 Å². The number of amides is 1. The molecule has 2 N–H and O–H groups in total. The van der Waals surface area contributed by atoms with E-state index in [9.17, 15) is 9.90 Å². The Balaban J connectivity index is 1.78. The second kappa shape index (κ2) is 7.14. The molecular weight excluding hydrogens is 312 g/mol. The predicted octanol–water partition coefficient (Wildman–Crippen LogP) is 2.13. The van der Waals surface area contributed by atoms with Gasteiger partial charge in [-0.2, -0.15) is 0 Å². The molecule has 1 aliphatic carbocycles. The van der Waals surface area contributed by atoms with Gasteiger partial charge >= 0.3 is 0 Å². The number of hydrogen-bond acceptors (Lipinski definition) is 6. The molecule has 2 heterocycles. The van der Waals surface area contributed by atoms with Crippen molar-refractivity contribution in [1.82, 2.24) is 19.9 Å². The highest BCUT2D eigenvalue weighted by Crippen LogP contribution is 2.37. The van der Waals surface area contributed by atoms with Crippen LogP contribution in [0, 0.1) is 5.92 Å². The largest absolute Gasteiger partial charge is 0.393 e. The number of carbonyl (C=O) groups is 1. The molecule has 6 nitrogen and oxygen atoms in total. The molecule has 0 aliphatic heterocycles. The summed E-state index contributed by atoms with van der Waals surface area (Å²) in [7, 11) is 0. The summed E-state index contributed by atoms with van der Waals surface area (Å²) >= 11 is 1.13. The minimum Gasteiger partial charge on any atom is -0.393 e. The van der Waals surface area contributed by atoms with E-state index in [1.165, 1.54) is 0 Å². The van der Waals surface area contributed by atoms with Crippen LogP contribution in [0.1, 0.15) is 53.3 Å². The fourth-order valence-corrected chi connectivity index (χ4v) is 3.49. The summed E-state index contributed by atoms with van der Waals surface area (Å²) in [6.07, 6.45) is 4.48. The second-order valence-electron chi connectivity index (χ2n) is 5.89. The number of aliphatic hydroxyl groups excluding tert-OH is 1. The van der Waals surface area contributed by atoms with Crippen molar-refractivity contribution in [1.29, 1.82) is 0 Å². The van der Waals surface area contributed by atoms with E-state index in [1.54, 1.807) is 6.20 Å². The van der Waals surface area contributed by atoms with Crippen molar-refractivity contribution in [2.24, 2.45) is 5.92 Å². The first-order chi connectivity index (χ1) is 11.2. The van der Waals surface area contributed by atoms with E-state index in [1.807, 2.05) is 25.1 Å². The standard InChI is InChI=1S/C16H20N4O2S/c1-2-5-13-15(23-20-19-13)16(22)18-14(10-8-11(21)9-10)12-6-3-4-7-17-12/h3-4,6-7,10-11,14,21H,2,5,8-9H2,1H3,(H,18,22). The smallest absolute Gasteiger partial charge is 0.265 e. The van der Waals surface area contributed by atoms with Gasteiger partial charge in [0.05, 0.1) is 23.5 Å². The maximum Gasteiger partial charge on any atom is 0.265 e. The molecule has 23 heavy (non-hydrogen) atoms. The number of nitrogens with one attached hydrogen (secondary N) is 1. The van der Waals surface area contributed by atoms with E-state index in [0.29, 0.717) is 17.7 Å². The monoisotopic (exact) mass is 332 g/mol. The van der Waals surface area contributed by atoms with Crippen molar-refractivity contribution in [2.75, 3.05) is 0 Å². The highest BCUT2D eigenvalue weighted by Gasteiger charge is 2.36. The third kappa shape index (κ3) is 3.56. The number of hydrogen-bond donors (Lipinski definition) is 2. The van der Waals surface area contributed by atoms with Crippen LogP contribution in [0.3, 0.4) is 0 Å². The quantitative estimate of drug-likeness (QED) is 0.846. The molecule has 1 unspecified atom stereocenters. The van der Waals surface area contributed by atoms with Gasteiger partial charge < -0.3 is 10.4 Å². The van der Waals surface area contributed by atoms with Crippen molar-refractivity contribution in [3.05, 3.63) is 40.7 Å². The molecule has 0 radical (unpaired) electrons. The Hall–Kier alpha value is -1.86. The van der Waals surface area contributed by atoms with E-state index >= 15 is 0 Å². The number of rotatable bonds is 6. The first-order valence-electron chi connectivity index (χ1n) is 7.90. The Bertz CT molecular complexity index is 655. The van der Waals surface area contributed by atoms with Crippen LogP contribution in [0.15, 0.2) is 24.4 Å². The Labute approximate surface area is 139 Å². The lowest BCUT2D eigenvalue weighted by atomic mass is 9.76. The molecule has 0 saturated heterocycles. The minimum atomic E-state index is -0.274. The molecule has 7 heteroatoms. The lowest BCUT2D eigenvalue weighted by Gasteiger charge is -2.37. The van der Waals surface area contributed by atoms with Gasteiger partial charge in [0.2, 0.25) is 0 Å². The van der Waals surface area contributed by atoms with Crippen LogP contribution in [-0.4, -0.2) is 31.7 Å². The topological polar surface area (TPSA) is 88.0 Å². The Morgan fingerprint density at radius 2 is 2.30 bits per heavy atom. The molecule has 2 aromatic rings. The highest BCUT2D eigenvalue weighted by molar-refractivity contribution is 7.08. The first kappa shape index (κ1) is 16.0. The fraction of sp³-hybridized carbons (Fsp3) is 0.500. The SMILES string of the molecule is CCCc1nnsc1C(=O)NC(c1ccccn1)C1CC(O)C1. The summed E-state index contributed by atoms with van der Waals surface area (Å²) < 4.78 is 3.91. The van der Waals surface area contributed by atoms with Gasteiger partial charge in [-0.15, -0.1) is 5.10 Å². The van der Waals surface area contributed by atoms with Gasteiger partial charge in [0.15, 0.2) is 0 Å². The van der Waals surface area contributed by atoms with E-state index in [-0.39, 0.29) is 24.0 Å². The molecule has 2 aromatic heterocycles. The van der Waals surface area contributed by atoms with Gasteiger partial charge in [-0.3, -0.25) is 9.78 Å².